The lowest BCUT2D eigenvalue weighted by atomic mass is 10.2. The molecule has 0 aliphatic heterocycles. The maximum absolute atomic E-state index is 13.1. The van der Waals surface area contributed by atoms with Crippen molar-refractivity contribution in [1.29, 1.82) is 0 Å². The zero-order valence-corrected chi connectivity index (χ0v) is 10.2. The van der Waals surface area contributed by atoms with E-state index < -0.39 is 23.5 Å². The van der Waals surface area contributed by atoms with Crippen LogP contribution >= 0.6 is 0 Å². The summed E-state index contributed by atoms with van der Waals surface area (Å²) >= 11 is 0. The number of nitro benzene ring substituents is 1. The van der Waals surface area contributed by atoms with Crippen molar-refractivity contribution in [2.75, 3.05) is 19.8 Å². The highest BCUT2D eigenvalue weighted by Gasteiger charge is 2.27. The van der Waals surface area contributed by atoms with Gasteiger partial charge in [0.2, 0.25) is 0 Å². The zero-order chi connectivity index (χ0) is 15.2. The number of ether oxygens (including phenoxy) is 1. The lowest BCUT2D eigenvalue weighted by Gasteiger charge is -2.08. The molecule has 0 saturated heterocycles. The van der Waals surface area contributed by atoms with Crippen LogP contribution in [0.3, 0.4) is 0 Å². The van der Waals surface area contributed by atoms with E-state index in [1.807, 2.05) is 0 Å². The fourth-order valence-corrected chi connectivity index (χ4v) is 1.41. The van der Waals surface area contributed by atoms with Crippen molar-refractivity contribution in [1.82, 2.24) is 5.32 Å². The summed E-state index contributed by atoms with van der Waals surface area (Å²) in [5, 5.41) is 13.2. The highest BCUT2D eigenvalue weighted by Crippen LogP contribution is 2.16. The average Bonchev–Trinajstić information content (AvgIpc) is 2.31. The molecule has 0 aliphatic carbocycles. The van der Waals surface area contributed by atoms with E-state index in [2.05, 4.69) is 10.1 Å². The molecule has 0 heterocycles. The van der Waals surface area contributed by atoms with Crippen LogP contribution in [0.2, 0.25) is 0 Å². The molecule has 0 aromatic heterocycles. The van der Waals surface area contributed by atoms with Gasteiger partial charge >= 0.3 is 6.18 Å². The van der Waals surface area contributed by atoms with Gasteiger partial charge in [-0.25, -0.2) is 4.39 Å². The van der Waals surface area contributed by atoms with E-state index in [0.717, 1.165) is 12.1 Å². The van der Waals surface area contributed by atoms with Gasteiger partial charge in [0, 0.05) is 19.2 Å². The molecule has 5 nitrogen and oxygen atoms in total. The summed E-state index contributed by atoms with van der Waals surface area (Å²) in [4.78, 5) is 9.78. The molecule has 1 aromatic rings. The summed E-state index contributed by atoms with van der Waals surface area (Å²) in [6, 6.07) is 3.08. The summed E-state index contributed by atoms with van der Waals surface area (Å²) in [5.74, 6) is -0.746. The summed E-state index contributed by atoms with van der Waals surface area (Å²) in [5.41, 5.74) is -0.0531. The third-order valence-corrected chi connectivity index (χ3v) is 2.17. The molecule has 112 valence electrons. The fraction of sp³-hybridized carbons (Fsp3) is 0.455. The molecule has 0 atom stereocenters. The molecule has 0 spiro atoms. The van der Waals surface area contributed by atoms with Crippen LogP contribution in [-0.2, 0) is 11.3 Å². The molecule has 0 unspecified atom stereocenters. The topological polar surface area (TPSA) is 64.4 Å². The number of alkyl halides is 3. The van der Waals surface area contributed by atoms with Gasteiger partial charge in [0.25, 0.3) is 5.69 Å². The van der Waals surface area contributed by atoms with Gasteiger partial charge in [-0.2, -0.15) is 13.2 Å². The van der Waals surface area contributed by atoms with Crippen LogP contribution in [-0.4, -0.2) is 30.9 Å². The molecule has 0 aliphatic rings. The van der Waals surface area contributed by atoms with Crippen molar-refractivity contribution >= 4 is 5.69 Å². The summed E-state index contributed by atoms with van der Waals surface area (Å²) in [7, 11) is 0. The molecular formula is C11H12F4N2O3. The minimum Gasteiger partial charge on any atom is -0.371 e. The van der Waals surface area contributed by atoms with E-state index in [0.29, 0.717) is 5.56 Å². The Morgan fingerprint density at radius 1 is 1.30 bits per heavy atom. The van der Waals surface area contributed by atoms with E-state index >= 15 is 0 Å². The maximum Gasteiger partial charge on any atom is 0.411 e. The standard InChI is InChI=1S/C11H12F4N2O3/c12-9-3-8(4-10(5-9)17(18)19)6-16-1-2-20-7-11(13,14)15/h3-5,16H,1-2,6-7H2. The van der Waals surface area contributed by atoms with Crippen LogP contribution < -0.4 is 5.32 Å². The van der Waals surface area contributed by atoms with Crippen LogP contribution in [0.25, 0.3) is 0 Å². The number of non-ortho nitro benzene ring substituents is 1. The Morgan fingerprint density at radius 2 is 2.00 bits per heavy atom. The minimum atomic E-state index is -4.37. The summed E-state index contributed by atoms with van der Waals surface area (Å²) < 4.78 is 52.6. The van der Waals surface area contributed by atoms with Crippen molar-refractivity contribution in [3.05, 3.63) is 39.7 Å². The Balaban J connectivity index is 2.34. The maximum atomic E-state index is 13.1. The van der Waals surface area contributed by atoms with Crippen molar-refractivity contribution in [2.45, 2.75) is 12.7 Å². The zero-order valence-electron chi connectivity index (χ0n) is 10.2. The molecule has 20 heavy (non-hydrogen) atoms. The molecular weight excluding hydrogens is 284 g/mol. The van der Waals surface area contributed by atoms with Crippen molar-refractivity contribution < 1.29 is 27.2 Å². The van der Waals surface area contributed by atoms with Gasteiger partial charge in [-0.3, -0.25) is 10.1 Å². The minimum absolute atomic E-state index is 0.0912. The Labute approximate surface area is 111 Å². The van der Waals surface area contributed by atoms with E-state index in [4.69, 9.17) is 0 Å². The number of nitrogens with one attached hydrogen (secondary N) is 1. The second-order valence-electron chi connectivity index (χ2n) is 3.92. The van der Waals surface area contributed by atoms with Crippen molar-refractivity contribution in [3.63, 3.8) is 0 Å². The molecule has 1 N–H and O–H groups in total. The molecule has 1 aromatic carbocycles. The van der Waals surface area contributed by atoms with Crippen LogP contribution in [0.5, 0.6) is 0 Å². The van der Waals surface area contributed by atoms with Crippen LogP contribution in [0.15, 0.2) is 18.2 Å². The number of hydrogen-bond donors (Lipinski definition) is 1. The lowest BCUT2D eigenvalue weighted by molar-refractivity contribution is -0.385. The van der Waals surface area contributed by atoms with E-state index in [-0.39, 0.29) is 25.4 Å². The van der Waals surface area contributed by atoms with Crippen molar-refractivity contribution in [2.24, 2.45) is 0 Å². The molecule has 0 bridgehead atoms. The highest BCUT2D eigenvalue weighted by atomic mass is 19.4. The van der Waals surface area contributed by atoms with Gasteiger partial charge in [-0.15, -0.1) is 0 Å². The number of rotatable bonds is 7. The van der Waals surface area contributed by atoms with Crippen molar-refractivity contribution in [3.8, 4) is 0 Å². The second kappa shape index (κ2) is 7.15. The van der Waals surface area contributed by atoms with Gasteiger partial charge in [-0.1, -0.05) is 0 Å². The van der Waals surface area contributed by atoms with Gasteiger partial charge in [0.1, 0.15) is 12.4 Å². The van der Waals surface area contributed by atoms with Gasteiger partial charge in [0.05, 0.1) is 17.6 Å². The van der Waals surface area contributed by atoms with Gasteiger partial charge < -0.3 is 10.1 Å². The first-order chi connectivity index (χ1) is 9.28. The van der Waals surface area contributed by atoms with Gasteiger partial charge in [-0.05, 0) is 11.6 Å². The lowest BCUT2D eigenvalue weighted by Crippen LogP contribution is -2.23. The fourth-order valence-electron chi connectivity index (χ4n) is 1.41. The number of hydrogen-bond acceptors (Lipinski definition) is 4. The average molecular weight is 296 g/mol. The first-order valence-corrected chi connectivity index (χ1v) is 5.57. The third-order valence-electron chi connectivity index (χ3n) is 2.17. The molecule has 0 radical (unpaired) electrons. The predicted octanol–water partition coefficient (Wildman–Crippen LogP) is 2.40. The van der Waals surface area contributed by atoms with E-state index in [1.54, 1.807) is 0 Å². The quantitative estimate of drug-likeness (QED) is 0.363. The predicted molar refractivity (Wildman–Crippen MR) is 61.6 cm³/mol. The smallest absolute Gasteiger partial charge is 0.371 e. The number of nitro groups is 1. The number of halogens is 4. The Kier molecular flexibility index (Phi) is 5.83. The normalized spacial score (nSPS) is 11.6. The highest BCUT2D eigenvalue weighted by molar-refractivity contribution is 5.35. The number of benzene rings is 1. The summed E-state index contributed by atoms with van der Waals surface area (Å²) in [6.07, 6.45) is -4.37. The Morgan fingerprint density at radius 3 is 2.60 bits per heavy atom. The van der Waals surface area contributed by atoms with E-state index in [9.17, 15) is 27.7 Å². The van der Waals surface area contributed by atoms with Gasteiger partial charge in [0.15, 0.2) is 0 Å². The largest absolute Gasteiger partial charge is 0.411 e. The number of nitrogens with zero attached hydrogens (tertiary/aromatic N) is 1. The SMILES string of the molecule is O=[N+]([O-])c1cc(F)cc(CNCCOCC(F)(F)F)c1. The third kappa shape index (κ3) is 6.43. The Hall–Kier alpha value is -1.74. The Bertz CT molecular complexity index is 465. The van der Waals surface area contributed by atoms with Crippen LogP contribution in [0.4, 0.5) is 23.2 Å². The first kappa shape index (κ1) is 16.3. The molecule has 0 fully saturated rings. The molecule has 0 amide bonds. The molecule has 0 saturated carbocycles. The van der Waals surface area contributed by atoms with Crippen LogP contribution in [0, 0.1) is 15.9 Å². The molecule has 9 heteroatoms. The van der Waals surface area contributed by atoms with E-state index in [1.165, 1.54) is 6.07 Å². The molecule has 1 rings (SSSR count). The monoisotopic (exact) mass is 296 g/mol. The summed E-state index contributed by atoms with van der Waals surface area (Å²) in [6.45, 7) is -1.30. The first-order valence-electron chi connectivity index (χ1n) is 5.57. The van der Waals surface area contributed by atoms with Crippen LogP contribution in [0.1, 0.15) is 5.56 Å². The second-order valence-corrected chi connectivity index (χ2v) is 3.92.